The lowest BCUT2D eigenvalue weighted by Gasteiger charge is -2.07. The van der Waals surface area contributed by atoms with Crippen molar-refractivity contribution in [2.75, 3.05) is 13.2 Å². The van der Waals surface area contributed by atoms with Crippen LogP contribution in [0.3, 0.4) is 0 Å². The first-order valence-corrected chi connectivity index (χ1v) is 9.19. The van der Waals surface area contributed by atoms with Crippen molar-refractivity contribution in [2.24, 2.45) is 5.10 Å². The average molecular weight is 386 g/mol. The van der Waals surface area contributed by atoms with Gasteiger partial charge in [-0.3, -0.25) is 4.79 Å². The third-order valence-electron chi connectivity index (χ3n) is 4.00. The zero-order valence-electron chi connectivity index (χ0n) is 16.0. The molecule has 146 valence electrons. The Morgan fingerprint density at radius 1 is 0.897 bits per heavy atom. The molecule has 29 heavy (non-hydrogen) atoms. The summed E-state index contributed by atoms with van der Waals surface area (Å²) < 4.78 is 11.1. The number of ether oxygens (including phenoxy) is 2. The SMILES string of the molecule is C=CCOc1ccccc1/C=N/NC(=O)COc1ccc(-c2ccccc2)cc1. The topological polar surface area (TPSA) is 59.9 Å². The zero-order chi connectivity index (χ0) is 20.3. The number of para-hydroxylation sites is 1. The predicted molar refractivity (Wildman–Crippen MR) is 115 cm³/mol. The fraction of sp³-hybridized carbons (Fsp3) is 0.0833. The van der Waals surface area contributed by atoms with Gasteiger partial charge in [0.1, 0.15) is 18.1 Å². The van der Waals surface area contributed by atoms with E-state index in [0.717, 1.165) is 16.7 Å². The molecule has 3 aromatic rings. The van der Waals surface area contributed by atoms with Crippen LogP contribution in [0.2, 0.25) is 0 Å². The van der Waals surface area contributed by atoms with Crippen LogP contribution in [0.25, 0.3) is 11.1 Å². The fourth-order valence-corrected chi connectivity index (χ4v) is 2.60. The molecule has 0 aliphatic rings. The number of carbonyl (C=O) groups is 1. The number of amides is 1. The predicted octanol–water partition coefficient (Wildman–Crippen LogP) is 4.45. The van der Waals surface area contributed by atoms with Crippen LogP contribution < -0.4 is 14.9 Å². The van der Waals surface area contributed by atoms with E-state index in [1.807, 2.05) is 78.9 Å². The minimum absolute atomic E-state index is 0.128. The molecule has 0 unspecified atom stereocenters. The molecule has 0 atom stereocenters. The molecule has 0 saturated heterocycles. The van der Waals surface area contributed by atoms with Crippen molar-refractivity contribution in [1.82, 2.24) is 5.43 Å². The maximum atomic E-state index is 12.0. The summed E-state index contributed by atoms with van der Waals surface area (Å²) in [5, 5.41) is 3.97. The Morgan fingerprint density at radius 2 is 1.59 bits per heavy atom. The number of rotatable bonds is 9. The Kier molecular flexibility index (Phi) is 7.18. The Balaban J connectivity index is 1.49. The Morgan fingerprint density at radius 3 is 2.34 bits per heavy atom. The molecule has 0 saturated carbocycles. The van der Waals surface area contributed by atoms with Crippen molar-refractivity contribution in [2.45, 2.75) is 0 Å². The summed E-state index contributed by atoms with van der Waals surface area (Å²) in [5.41, 5.74) is 5.42. The molecule has 1 N–H and O–H groups in total. The first-order valence-electron chi connectivity index (χ1n) is 9.19. The van der Waals surface area contributed by atoms with Gasteiger partial charge in [0.15, 0.2) is 6.61 Å². The summed E-state index contributed by atoms with van der Waals surface area (Å²) in [6, 6.07) is 25.1. The minimum Gasteiger partial charge on any atom is -0.489 e. The number of carbonyl (C=O) groups excluding carboxylic acids is 1. The van der Waals surface area contributed by atoms with Crippen molar-refractivity contribution in [3.8, 4) is 22.6 Å². The van der Waals surface area contributed by atoms with Gasteiger partial charge in [0.2, 0.25) is 0 Å². The van der Waals surface area contributed by atoms with Crippen LogP contribution in [0.5, 0.6) is 11.5 Å². The highest BCUT2D eigenvalue weighted by Gasteiger charge is 2.03. The van der Waals surface area contributed by atoms with E-state index in [-0.39, 0.29) is 12.5 Å². The van der Waals surface area contributed by atoms with Crippen LogP contribution in [0.4, 0.5) is 0 Å². The molecule has 0 heterocycles. The molecular formula is C24H22N2O3. The van der Waals surface area contributed by atoms with Gasteiger partial charge in [-0.15, -0.1) is 0 Å². The van der Waals surface area contributed by atoms with Crippen molar-refractivity contribution in [1.29, 1.82) is 0 Å². The molecule has 0 radical (unpaired) electrons. The van der Waals surface area contributed by atoms with E-state index >= 15 is 0 Å². The van der Waals surface area contributed by atoms with Crippen LogP contribution in [0, 0.1) is 0 Å². The van der Waals surface area contributed by atoms with Crippen molar-refractivity contribution in [3.63, 3.8) is 0 Å². The van der Waals surface area contributed by atoms with E-state index in [2.05, 4.69) is 17.1 Å². The van der Waals surface area contributed by atoms with E-state index in [4.69, 9.17) is 9.47 Å². The monoisotopic (exact) mass is 386 g/mol. The van der Waals surface area contributed by atoms with Crippen LogP contribution in [0.1, 0.15) is 5.56 Å². The maximum absolute atomic E-state index is 12.0. The second-order valence-corrected chi connectivity index (χ2v) is 6.11. The van der Waals surface area contributed by atoms with E-state index in [9.17, 15) is 4.79 Å². The molecule has 5 nitrogen and oxygen atoms in total. The molecule has 5 heteroatoms. The summed E-state index contributed by atoms with van der Waals surface area (Å²) in [7, 11) is 0. The number of hydrogen-bond acceptors (Lipinski definition) is 4. The molecular weight excluding hydrogens is 364 g/mol. The smallest absolute Gasteiger partial charge is 0.277 e. The van der Waals surface area contributed by atoms with Gasteiger partial charge in [0, 0.05) is 5.56 Å². The van der Waals surface area contributed by atoms with Crippen molar-refractivity contribution in [3.05, 3.63) is 97.1 Å². The molecule has 0 fully saturated rings. The Labute approximate surface area is 170 Å². The minimum atomic E-state index is -0.349. The van der Waals surface area contributed by atoms with Crippen LogP contribution >= 0.6 is 0 Å². The molecule has 3 rings (SSSR count). The summed E-state index contributed by atoms with van der Waals surface area (Å²) >= 11 is 0. The van der Waals surface area contributed by atoms with E-state index < -0.39 is 0 Å². The third kappa shape index (κ3) is 6.07. The van der Waals surface area contributed by atoms with Crippen LogP contribution in [0.15, 0.2) is 96.6 Å². The van der Waals surface area contributed by atoms with Crippen LogP contribution in [-0.2, 0) is 4.79 Å². The molecule has 0 bridgehead atoms. The van der Waals surface area contributed by atoms with E-state index in [0.29, 0.717) is 18.1 Å². The lowest BCUT2D eigenvalue weighted by Crippen LogP contribution is -2.24. The van der Waals surface area contributed by atoms with Crippen molar-refractivity contribution >= 4 is 12.1 Å². The lowest BCUT2D eigenvalue weighted by atomic mass is 10.1. The molecule has 1 amide bonds. The first-order chi connectivity index (χ1) is 14.3. The molecule has 0 aromatic heterocycles. The quantitative estimate of drug-likeness (QED) is 0.336. The second-order valence-electron chi connectivity index (χ2n) is 6.11. The van der Waals surface area contributed by atoms with Gasteiger partial charge in [-0.2, -0.15) is 5.10 Å². The highest BCUT2D eigenvalue weighted by atomic mass is 16.5. The summed E-state index contributed by atoms with van der Waals surface area (Å²) in [6.07, 6.45) is 3.20. The number of hydrazone groups is 1. The Hall–Kier alpha value is -3.86. The van der Waals surface area contributed by atoms with Gasteiger partial charge < -0.3 is 9.47 Å². The molecule has 0 aliphatic heterocycles. The average Bonchev–Trinajstić information content (AvgIpc) is 2.78. The normalized spacial score (nSPS) is 10.5. The molecule has 3 aromatic carbocycles. The largest absolute Gasteiger partial charge is 0.489 e. The maximum Gasteiger partial charge on any atom is 0.277 e. The van der Waals surface area contributed by atoms with Gasteiger partial charge in [0.05, 0.1) is 6.21 Å². The van der Waals surface area contributed by atoms with Crippen LogP contribution in [-0.4, -0.2) is 25.3 Å². The van der Waals surface area contributed by atoms with Gasteiger partial charge >= 0.3 is 0 Å². The van der Waals surface area contributed by atoms with E-state index in [1.54, 1.807) is 6.08 Å². The van der Waals surface area contributed by atoms with E-state index in [1.165, 1.54) is 6.21 Å². The van der Waals surface area contributed by atoms with Gasteiger partial charge in [0.25, 0.3) is 5.91 Å². The number of nitrogens with one attached hydrogen (secondary N) is 1. The molecule has 0 aliphatic carbocycles. The highest BCUT2D eigenvalue weighted by Crippen LogP contribution is 2.22. The summed E-state index contributed by atoms with van der Waals surface area (Å²) in [4.78, 5) is 12.0. The van der Waals surface area contributed by atoms with Gasteiger partial charge in [-0.25, -0.2) is 5.43 Å². The van der Waals surface area contributed by atoms with Gasteiger partial charge in [-0.05, 0) is 35.4 Å². The lowest BCUT2D eigenvalue weighted by molar-refractivity contribution is -0.123. The van der Waals surface area contributed by atoms with Crippen molar-refractivity contribution < 1.29 is 14.3 Å². The second kappa shape index (κ2) is 10.5. The number of nitrogens with zero attached hydrogens (tertiary/aromatic N) is 1. The summed E-state index contributed by atoms with van der Waals surface area (Å²) in [6.45, 7) is 3.90. The van der Waals surface area contributed by atoms with Gasteiger partial charge in [-0.1, -0.05) is 67.3 Å². The third-order valence-corrected chi connectivity index (χ3v) is 4.00. The number of benzene rings is 3. The standard InChI is InChI=1S/C24H22N2O3/c1-2-16-28-23-11-7-6-10-21(23)17-25-26-24(27)18-29-22-14-12-20(13-15-22)19-8-4-3-5-9-19/h2-15,17H,1,16,18H2,(H,26,27)/b25-17+. The molecule has 0 spiro atoms. The first kappa shape index (κ1) is 19.9. The Bertz CT molecular complexity index is 967. The zero-order valence-corrected chi connectivity index (χ0v) is 16.0. The highest BCUT2D eigenvalue weighted by molar-refractivity contribution is 5.85. The number of hydrogen-bond donors (Lipinski definition) is 1. The fourth-order valence-electron chi connectivity index (χ4n) is 2.60. The summed E-state index contributed by atoms with van der Waals surface area (Å²) in [5.74, 6) is 0.935.